The minimum absolute atomic E-state index is 0.105. The lowest BCUT2D eigenvalue weighted by molar-refractivity contribution is -0.0139. The van der Waals surface area contributed by atoms with Gasteiger partial charge in [-0.05, 0) is 48.4 Å². The van der Waals surface area contributed by atoms with Crippen LogP contribution in [0.1, 0.15) is 48.9 Å². The molecule has 2 aromatic heterocycles. The van der Waals surface area contributed by atoms with Gasteiger partial charge in [0.1, 0.15) is 24.3 Å². The van der Waals surface area contributed by atoms with Crippen LogP contribution in [-0.2, 0) is 24.2 Å². The Bertz CT molecular complexity index is 2010. The summed E-state index contributed by atoms with van der Waals surface area (Å²) in [6.07, 6.45) is 0.317. The van der Waals surface area contributed by atoms with Crippen molar-refractivity contribution in [3.8, 4) is 23.0 Å². The van der Waals surface area contributed by atoms with Crippen molar-refractivity contribution in [3.63, 3.8) is 0 Å². The van der Waals surface area contributed by atoms with Crippen LogP contribution in [0.2, 0.25) is 0 Å². The molecule has 0 bridgehead atoms. The fourth-order valence-electron chi connectivity index (χ4n) is 6.07. The second-order valence-electron chi connectivity index (χ2n) is 11.9. The molecule has 254 valence electrons. The van der Waals surface area contributed by atoms with Gasteiger partial charge in [0.15, 0.2) is 17.5 Å². The normalized spacial score (nSPS) is 17.3. The molecule has 3 aliphatic rings. The van der Waals surface area contributed by atoms with E-state index in [2.05, 4.69) is 20.4 Å². The van der Waals surface area contributed by atoms with Gasteiger partial charge in [0.2, 0.25) is 5.82 Å². The number of carbonyl (C=O) groups excluding carboxylic acids is 2. The molecule has 1 unspecified atom stereocenters. The molecular formula is C36H33N7O6S. The number of benzene rings is 3. The SMILES string of the molecule is O=C1c2ccccc2C(=O)N1Cc1csc(CN=C(NCCc2ccc3c(c2)OCCO3)N2CCOC(c3noc(-c4ccccc4)n3)C2)n1. The number of rotatable bonds is 9. The zero-order valence-corrected chi connectivity index (χ0v) is 27.8. The van der Waals surface area contributed by atoms with E-state index >= 15 is 0 Å². The summed E-state index contributed by atoms with van der Waals surface area (Å²) in [5, 5.41) is 10.4. The van der Waals surface area contributed by atoms with Gasteiger partial charge in [0.25, 0.3) is 17.7 Å². The number of guanidine groups is 1. The van der Waals surface area contributed by atoms with E-state index in [1.165, 1.54) is 16.2 Å². The van der Waals surface area contributed by atoms with Crippen LogP contribution < -0.4 is 14.8 Å². The molecule has 1 fully saturated rings. The predicted octanol–water partition coefficient (Wildman–Crippen LogP) is 4.52. The van der Waals surface area contributed by atoms with Gasteiger partial charge >= 0.3 is 0 Å². The first-order chi connectivity index (χ1) is 24.6. The predicted molar refractivity (Wildman–Crippen MR) is 183 cm³/mol. The van der Waals surface area contributed by atoms with Gasteiger partial charge in [-0.2, -0.15) is 4.98 Å². The molecule has 0 radical (unpaired) electrons. The zero-order chi connectivity index (χ0) is 33.9. The first-order valence-electron chi connectivity index (χ1n) is 16.4. The molecule has 14 heteroatoms. The van der Waals surface area contributed by atoms with Crippen molar-refractivity contribution in [3.05, 3.63) is 111 Å². The molecule has 3 aliphatic heterocycles. The Morgan fingerprint density at radius 2 is 1.70 bits per heavy atom. The number of ether oxygens (including phenoxy) is 3. The molecule has 13 nitrogen and oxygen atoms in total. The number of imide groups is 1. The fraction of sp³-hybridized carbons (Fsp3) is 0.278. The summed E-state index contributed by atoms with van der Waals surface area (Å²) in [6, 6.07) is 22.5. The number of hydrogen-bond acceptors (Lipinski definition) is 11. The highest BCUT2D eigenvalue weighted by atomic mass is 32.1. The summed E-state index contributed by atoms with van der Waals surface area (Å²) in [5.41, 5.74) is 3.43. The fourth-order valence-corrected chi connectivity index (χ4v) is 6.78. The summed E-state index contributed by atoms with van der Waals surface area (Å²) in [4.78, 5) is 43.5. The van der Waals surface area contributed by atoms with Crippen molar-refractivity contribution in [1.82, 2.24) is 30.2 Å². The number of nitrogens with one attached hydrogen (secondary N) is 1. The number of carbonyl (C=O) groups is 2. The number of aromatic nitrogens is 3. The molecule has 0 aliphatic carbocycles. The monoisotopic (exact) mass is 691 g/mol. The topological polar surface area (TPSA) is 145 Å². The summed E-state index contributed by atoms with van der Waals surface area (Å²) >= 11 is 1.44. The van der Waals surface area contributed by atoms with E-state index in [9.17, 15) is 9.59 Å². The van der Waals surface area contributed by atoms with Gasteiger partial charge in [-0.1, -0.05) is 41.6 Å². The van der Waals surface area contributed by atoms with Crippen molar-refractivity contribution >= 4 is 29.1 Å². The first-order valence-corrected chi connectivity index (χ1v) is 17.3. The molecule has 1 atom stereocenters. The number of nitrogens with zero attached hydrogens (tertiary/aromatic N) is 6. The summed E-state index contributed by atoms with van der Waals surface area (Å²) < 4.78 is 23.1. The smallest absolute Gasteiger partial charge is 0.261 e. The maximum absolute atomic E-state index is 12.9. The molecule has 8 rings (SSSR count). The highest BCUT2D eigenvalue weighted by Crippen LogP contribution is 2.31. The lowest BCUT2D eigenvalue weighted by Crippen LogP contribution is -2.48. The van der Waals surface area contributed by atoms with Gasteiger partial charge in [-0.25, -0.2) is 9.98 Å². The largest absolute Gasteiger partial charge is 0.486 e. The molecule has 3 aromatic carbocycles. The van der Waals surface area contributed by atoms with Gasteiger partial charge in [-0.3, -0.25) is 14.5 Å². The average Bonchev–Trinajstić information content (AvgIpc) is 3.90. The van der Waals surface area contributed by atoms with E-state index in [0.717, 1.165) is 34.1 Å². The number of fused-ring (bicyclic) bond motifs is 2. The van der Waals surface area contributed by atoms with E-state index in [4.69, 9.17) is 28.7 Å². The number of hydrogen-bond donors (Lipinski definition) is 1. The van der Waals surface area contributed by atoms with Crippen molar-refractivity contribution in [2.75, 3.05) is 39.5 Å². The summed E-state index contributed by atoms with van der Waals surface area (Å²) in [5.74, 6) is 2.52. The second kappa shape index (κ2) is 14.1. The Morgan fingerprint density at radius 3 is 2.52 bits per heavy atom. The first kappa shape index (κ1) is 31.7. The minimum atomic E-state index is -0.416. The lowest BCUT2D eigenvalue weighted by atomic mass is 10.1. The van der Waals surface area contributed by atoms with E-state index < -0.39 is 6.10 Å². The lowest BCUT2D eigenvalue weighted by Gasteiger charge is -2.34. The molecular weight excluding hydrogens is 659 g/mol. The number of amides is 2. The number of morpholine rings is 1. The van der Waals surface area contributed by atoms with Gasteiger partial charge in [0, 0.05) is 24.0 Å². The average molecular weight is 692 g/mol. The maximum atomic E-state index is 12.9. The Morgan fingerprint density at radius 1 is 0.920 bits per heavy atom. The minimum Gasteiger partial charge on any atom is -0.486 e. The second-order valence-corrected chi connectivity index (χ2v) is 12.8. The molecule has 50 heavy (non-hydrogen) atoms. The van der Waals surface area contributed by atoms with Crippen molar-refractivity contribution in [1.29, 1.82) is 0 Å². The Kier molecular flexibility index (Phi) is 8.92. The van der Waals surface area contributed by atoms with E-state index in [1.807, 2.05) is 53.9 Å². The van der Waals surface area contributed by atoms with Gasteiger partial charge in [-0.15, -0.1) is 11.3 Å². The number of aliphatic imine (C=N–C) groups is 1. The van der Waals surface area contributed by atoms with E-state index in [0.29, 0.717) is 80.5 Å². The standard InChI is InChI=1S/C36H33N7O6S/c44-34-26-8-4-5-9-27(26)35(45)43(34)20-25-22-50-31(39-25)19-38-36(37-13-12-23-10-11-28-29(18-23)48-17-16-47-28)42-14-15-46-30(21-42)32-40-33(49-41-32)24-6-2-1-3-7-24/h1-11,18,22,30H,12-17,19-21H2,(H,37,38). The third-order valence-corrected chi connectivity index (χ3v) is 9.46. The molecule has 1 saturated heterocycles. The molecule has 1 N–H and O–H groups in total. The van der Waals surface area contributed by atoms with Crippen LogP contribution in [-0.4, -0.2) is 82.2 Å². The highest BCUT2D eigenvalue weighted by molar-refractivity contribution is 7.09. The molecule has 5 heterocycles. The highest BCUT2D eigenvalue weighted by Gasteiger charge is 2.35. The number of thiazole rings is 1. The zero-order valence-electron chi connectivity index (χ0n) is 27.0. The van der Waals surface area contributed by atoms with Crippen LogP contribution in [0.3, 0.4) is 0 Å². The van der Waals surface area contributed by atoms with Crippen molar-refractivity contribution in [2.24, 2.45) is 4.99 Å². The third kappa shape index (κ3) is 6.67. The van der Waals surface area contributed by atoms with E-state index in [1.54, 1.807) is 24.3 Å². The Balaban J connectivity index is 0.971. The van der Waals surface area contributed by atoms with Gasteiger partial charge in [0.05, 0.1) is 43.1 Å². The molecule has 0 spiro atoms. The van der Waals surface area contributed by atoms with Crippen LogP contribution in [0.15, 0.2) is 87.7 Å². The molecule has 5 aromatic rings. The van der Waals surface area contributed by atoms with E-state index in [-0.39, 0.29) is 18.4 Å². The van der Waals surface area contributed by atoms with Crippen LogP contribution in [0.4, 0.5) is 0 Å². The summed E-state index contributed by atoms with van der Waals surface area (Å²) in [7, 11) is 0. The summed E-state index contributed by atoms with van der Waals surface area (Å²) in [6.45, 7) is 3.64. The molecule has 0 saturated carbocycles. The van der Waals surface area contributed by atoms with Crippen LogP contribution >= 0.6 is 11.3 Å². The van der Waals surface area contributed by atoms with Crippen LogP contribution in [0.25, 0.3) is 11.5 Å². The maximum Gasteiger partial charge on any atom is 0.261 e. The molecule has 2 amide bonds. The quantitative estimate of drug-likeness (QED) is 0.132. The van der Waals surface area contributed by atoms with Gasteiger partial charge < -0.3 is 29.0 Å². The van der Waals surface area contributed by atoms with Crippen molar-refractivity contribution < 1.29 is 28.3 Å². The van der Waals surface area contributed by atoms with Crippen LogP contribution in [0.5, 0.6) is 11.5 Å². The Hall–Kier alpha value is -5.60. The van der Waals surface area contributed by atoms with Crippen molar-refractivity contribution in [2.45, 2.75) is 25.6 Å². The Labute approximate surface area is 291 Å². The van der Waals surface area contributed by atoms with Crippen LogP contribution in [0, 0.1) is 0 Å². The third-order valence-electron chi connectivity index (χ3n) is 8.58.